The number of sulfonamides is 1. The molecule has 0 saturated heterocycles. The van der Waals surface area contributed by atoms with Crippen LogP contribution in [0.1, 0.15) is 78.1 Å². The SMILES string of the molecule is C=CC(=O)OCCCCCCN(CCCCCCOC(=O)C=C)S(=O)(=O)c1ccc(N=Nc2ccc(N=Nc3ccc4c5c(cccc35)N(C)C(C)(CCC)N4C)c3ccccc23)cc1. The number of nitrogens with zero attached hydrogens (tertiary/aromatic N) is 7. The van der Waals surface area contributed by atoms with Crippen molar-refractivity contribution in [2.45, 2.75) is 88.6 Å². The normalized spacial score (nSPS) is 15.1. The minimum Gasteiger partial charge on any atom is -0.463 e. The van der Waals surface area contributed by atoms with Crippen LogP contribution in [0.4, 0.5) is 34.1 Å². The molecule has 0 radical (unpaired) electrons. The number of hydrogen-bond acceptors (Lipinski definition) is 12. The third-order valence-corrected chi connectivity index (χ3v) is 14.1. The van der Waals surface area contributed by atoms with Crippen molar-refractivity contribution in [1.82, 2.24) is 4.31 Å². The Balaban J connectivity index is 1.14. The van der Waals surface area contributed by atoms with Gasteiger partial charge in [0.05, 0.1) is 40.9 Å². The highest BCUT2D eigenvalue weighted by atomic mass is 32.2. The number of carbonyl (C=O) groups excluding carboxylic acids is 2. The van der Waals surface area contributed by atoms with Gasteiger partial charge in [0.2, 0.25) is 10.0 Å². The lowest BCUT2D eigenvalue weighted by Gasteiger charge is -2.52. The van der Waals surface area contributed by atoms with Gasteiger partial charge in [-0.1, -0.05) is 88.6 Å². The van der Waals surface area contributed by atoms with E-state index in [-0.39, 0.29) is 10.6 Å². The standard InChI is InChI=1S/C51H61N7O6S/c1-7-33-51(4)56(5)46-24-20-23-42-45(31-32-47(50(42)46)57(51)6)55-54-44-30-29-43(40-21-14-15-22-41(40)44)53-52-38-25-27-39(28-26-38)65(61,62)58(34-16-10-12-18-36-63-48(59)8-2)35-17-11-13-19-37-64-49(60)9-3/h8-9,14-15,20-32H,2-3,7,10-13,16-19,33-37H2,1,4-6H3. The second kappa shape index (κ2) is 22.6. The molecular formula is C51H61N7O6S. The third-order valence-electron chi connectivity index (χ3n) is 12.2. The molecule has 1 unspecified atom stereocenters. The summed E-state index contributed by atoms with van der Waals surface area (Å²) in [5.41, 5.74) is 4.85. The van der Waals surface area contributed by atoms with Gasteiger partial charge in [-0.05, 0) is 93.6 Å². The number of unbranched alkanes of at least 4 members (excludes halogenated alkanes) is 6. The molecular weight excluding hydrogens is 839 g/mol. The van der Waals surface area contributed by atoms with Gasteiger partial charge in [0, 0.05) is 72.3 Å². The summed E-state index contributed by atoms with van der Waals surface area (Å²) in [7, 11) is 0.517. The molecule has 1 aliphatic heterocycles. The Bertz CT molecular complexity index is 2600. The van der Waals surface area contributed by atoms with Crippen LogP contribution >= 0.6 is 0 Å². The van der Waals surface area contributed by atoms with Gasteiger partial charge in [-0.3, -0.25) is 0 Å². The number of carbonyl (C=O) groups is 2. The quantitative estimate of drug-likeness (QED) is 0.0257. The number of anilines is 2. The summed E-state index contributed by atoms with van der Waals surface area (Å²) in [5.74, 6) is -0.903. The van der Waals surface area contributed by atoms with Crippen LogP contribution < -0.4 is 9.80 Å². The molecule has 0 aliphatic carbocycles. The zero-order valence-electron chi connectivity index (χ0n) is 38.1. The van der Waals surface area contributed by atoms with Crippen LogP contribution in [-0.4, -0.2) is 70.7 Å². The summed E-state index contributed by atoms with van der Waals surface area (Å²) in [6.07, 6.45) is 10.2. The lowest BCUT2D eigenvalue weighted by molar-refractivity contribution is -0.138. The van der Waals surface area contributed by atoms with Gasteiger partial charge in [0.1, 0.15) is 5.66 Å². The fourth-order valence-corrected chi connectivity index (χ4v) is 9.87. The second-order valence-corrected chi connectivity index (χ2v) is 18.3. The van der Waals surface area contributed by atoms with E-state index in [4.69, 9.17) is 19.7 Å². The van der Waals surface area contributed by atoms with E-state index >= 15 is 0 Å². The number of ether oxygens (including phenoxy) is 2. The maximum atomic E-state index is 14.0. The number of benzene rings is 5. The zero-order chi connectivity index (χ0) is 46.4. The number of esters is 2. The average molecular weight is 900 g/mol. The average Bonchev–Trinajstić information content (AvgIpc) is 3.32. The Morgan fingerprint density at radius 1 is 0.631 bits per heavy atom. The summed E-state index contributed by atoms with van der Waals surface area (Å²) in [5, 5.41) is 22.6. The fourth-order valence-electron chi connectivity index (χ4n) is 8.35. The molecule has 1 aliphatic rings. The van der Waals surface area contributed by atoms with Crippen LogP contribution in [0, 0.1) is 0 Å². The highest BCUT2D eigenvalue weighted by Gasteiger charge is 2.39. The lowest BCUT2D eigenvalue weighted by Crippen LogP contribution is -2.58. The minimum atomic E-state index is -3.82. The first kappa shape index (κ1) is 48.2. The van der Waals surface area contributed by atoms with Gasteiger partial charge < -0.3 is 19.3 Å². The fraction of sp³-hybridized carbons (Fsp3) is 0.373. The highest BCUT2D eigenvalue weighted by Crippen LogP contribution is 2.48. The molecule has 0 spiro atoms. The Hall–Kier alpha value is -6.25. The molecule has 0 saturated carbocycles. The molecule has 1 heterocycles. The van der Waals surface area contributed by atoms with E-state index in [2.05, 4.69) is 85.4 Å². The molecule has 1 atom stereocenters. The van der Waals surface area contributed by atoms with Crippen LogP contribution in [0.2, 0.25) is 0 Å². The topological polar surface area (TPSA) is 146 Å². The molecule has 0 fully saturated rings. The van der Waals surface area contributed by atoms with Gasteiger partial charge >= 0.3 is 11.9 Å². The van der Waals surface area contributed by atoms with E-state index in [9.17, 15) is 18.0 Å². The van der Waals surface area contributed by atoms with Crippen molar-refractivity contribution in [3.8, 4) is 0 Å². The van der Waals surface area contributed by atoms with E-state index in [0.29, 0.717) is 69.0 Å². The van der Waals surface area contributed by atoms with E-state index in [1.807, 2.05) is 42.5 Å². The first-order valence-electron chi connectivity index (χ1n) is 22.5. The largest absolute Gasteiger partial charge is 0.463 e. The Labute approximate surface area is 383 Å². The summed E-state index contributed by atoms with van der Waals surface area (Å²) in [6.45, 7) is 12.6. The molecule has 0 amide bonds. The van der Waals surface area contributed by atoms with Crippen molar-refractivity contribution >= 4 is 77.6 Å². The molecule has 0 aromatic heterocycles. The smallest absolute Gasteiger partial charge is 0.330 e. The van der Waals surface area contributed by atoms with Crippen molar-refractivity contribution < 1.29 is 27.5 Å². The number of fused-ring (bicyclic) bond motifs is 1. The predicted octanol–water partition coefficient (Wildman–Crippen LogP) is 12.8. The summed E-state index contributed by atoms with van der Waals surface area (Å²) in [4.78, 5) is 27.6. The molecule has 5 aromatic carbocycles. The monoisotopic (exact) mass is 899 g/mol. The number of azo groups is 2. The molecule has 13 nitrogen and oxygen atoms in total. The van der Waals surface area contributed by atoms with Crippen molar-refractivity contribution in [2.24, 2.45) is 20.5 Å². The molecule has 65 heavy (non-hydrogen) atoms. The van der Waals surface area contributed by atoms with E-state index in [1.54, 1.807) is 24.3 Å². The van der Waals surface area contributed by atoms with E-state index in [0.717, 1.165) is 77.9 Å². The van der Waals surface area contributed by atoms with Crippen LogP contribution in [-0.2, 0) is 29.1 Å². The number of hydrogen-bond donors (Lipinski definition) is 0. The Kier molecular flexibility index (Phi) is 16.8. The maximum absolute atomic E-state index is 14.0. The van der Waals surface area contributed by atoms with Gasteiger partial charge in [-0.2, -0.15) is 9.42 Å². The summed E-state index contributed by atoms with van der Waals surface area (Å²) in [6, 6.07) is 28.7. The minimum absolute atomic E-state index is 0.147. The van der Waals surface area contributed by atoms with Crippen molar-refractivity contribution in [3.63, 3.8) is 0 Å². The van der Waals surface area contributed by atoms with Crippen LogP contribution in [0.15, 0.2) is 142 Å². The van der Waals surface area contributed by atoms with Crippen LogP contribution in [0.25, 0.3) is 21.5 Å². The Morgan fingerprint density at radius 3 is 1.65 bits per heavy atom. The summed E-state index contributed by atoms with van der Waals surface area (Å²) >= 11 is 0. The van der Waals surface area contributed by atoms with Crippen molar-refractivity contribution in [1.29, 1.82) is 0 Å². The lowest BCUT2D eigenvalue weighted by atomic mass is 9.93. The van der Waals surface area contributed by atoms with E-state index in [1.165, 1.54) is 15.7 Å². The van der Waals surface area contributed by atoms with Crippen LogP contribution in [0.3, 0.4) is 0 Å². The van der Waals surface area contributed by atoms with Crippen LogP contribution in [0.5, 0.6) is 0 Å². The maximum Gasteiger partial charge on any atom is 0.330 e. The first-order valence-corrected chi connectivity index (χ1v) is 23.9. The zero-order valence-corrected chi connectivity index (χ0v) is 38.9. The highest BCUT2D eigenvalue weighted by molar-refractivity contribution is 7.89. The number of rotatable bonds is 24. The molecule has 342 valence electrons. The Morgan fingerprint density at radius 2 is 1.11 bits per heavy atom. The molecule has 6 rings (SSSR count). The van der Waals surface area contributed by atoms with Gasteiger partial charge in [0.25, 0.3) is 0 Å². The third kappa shape index (κ3) is 11.5. The van der Waals surface area contributed by atoms with Gasteiger partial charge in [-0.25, -0.2) is 18.0 Å². The van der Waals surface area contributed by atoms with Gasteiger partial charge in [0.15, 0.2) is 0 Å². The van der Waals surface area contributed by atoms with Crippen molar-refractivity contribution in [2.75, 3.05) is 50.2 Å². The molecule has 14 heteroatoms. The molecule has 0 N–H and O–H groups in total. The van der Waals surface area contributed by atoms with Crippen molar-refractivity contribution in [3.05, 3.63) is 116 Å². The summed E-state index contributed by atoms with van der Waals surface area (Å²) < 4.78 is 39.6. The second-order valence-electron chi connectivity index (χ2n) is 16.4. The van der Waals surface area contributed by atoms with Gasteiger partial charge in [-0.15, -0.1) is 15.3 Å². The molecule has 5 aromatic rings. The predicted molar refractivity (Wildman–Crippen MR) is 261 cm³/mol. The first-order chi connectivity index (χ1) is 31.4. The molecule has 0 bridgehead atoms. The van der Waals surface area contributed by atoms with E-state index < -0.39 is 22.0 Å².